The Morgan fingerprint density at radius 2 is 2.24 bits per heavy atom. The lowest BCUT2D eigenvalue weighted by atomic mass is 10.1. The number of amides is 2. The maximum absolute atomic E-state index is 13.0. The number of carbonyl (C=O) groups is 2. The maximum atomic E-state index is 13.0. The molecule has 2 aromatic heterocycles. The van der Waals surface area contributed by atoms with Crippen LogP contribution in [-0.4, -0.2) is 29.4 Å². The zero-order valence-electron chi connectivity index (χ0n) is 19.0. The van der Waals surface area contributed by atoms with Crippen molar-refractivity contribution in [1.82, 2.24) is 4.98 Å². The predicted octanol–water partition coefficient (Wildman–Crippen LogP) is 4.94. The molecule has 0 spiro atoms. The number of hydrogen-bond donors (Lipinski definition) is 1. The SMILES string of the molecule is CCCc1nc(-c2ccc3c(c2)N(CC(=O)Nc2sc4c(c2C#N)CCC4)C(=O)C(C)O3)cs1. The van der Waals surface area contributed by atoms with E-state index in [9.17, 15) is 14.9 Å². The first kappa shape index (κ1) is 22.6. The van der Waals surface area contributed by atoms with E-state index in [1.807, 2.05) is 23.6 Å². The molecule has 1 aliphatic heterocycles. The number of thiophene rings is 1. The molecule has 3 heterocycles. The average molecular weight is 493 g/mol. The summed E-state index contributed by atoms with van der Waals surface area (Å²) in [5.74, 6) is -0.0616. The van der Waals surface area contributed by atoms with Crippen LogP contribution in [0.15, 0.2) is 23.6 Å². The minimum atomic E-state index is -0.693. The van der Waals surface area contributed by atoms with Gasteiger partial charge < -0.3 is 10.1 Å². The molecule has 0 radical (unpaired) electrons. The molecule has 2 aliphatic rings. The van der Waals surface area contributed by atoms with Crippen molar-refractivity contribution in [2.24, 2.45) is 0 Å². The van der Waals surface area contributed by atoms with Crippen molar-refractivity contribution >= 4 is 45.2 Å². The Bertz CT molecular complexity index is 1320. The van der Waals surface area contributed by atoms with Crippen molar-refractivity contribution in [2.45, 2.75) is 52.1 Å². The van der Waals surface area contributed by atoms with Crippen molar-refractivity contribution in [3.63, 3.8) is 0 Å². The highest BCUT2D eigenvalue weighted by molar-refractivity contribution is 7.16. The number of nitrogens with zero attached hydrogens (tertiary/aromatic N) is 3. The molecule has 5 rings (SSSR count). The highest BCUT2D eigenvalue weighted by Crippen LogP contribution is 2.40. The lowest BCUT2D eigenvalue weighted by Crippen LogP contribution is -2.47. The second-order valence-electron chi connectivity index (χ2n) is 8.46. The summed E-state index contributed by atoms with van der Waals surface area (Å²) < 4.78 is 5.80. The van der Waals surface area contributed by atoms with E-state index >= 15 is 0 Å². The van der Waals surface area contributed by atoms with Crippen LogP contribution in [0, 0.1) is 11.3 Å². The van der Waals surface area contributed by atoms with Crippen molar-refractivity contribution in [3.8, 4) is 23.1 Å². The number of carbonyl (C=O) groups excluding carboxylic acids is 2. The number of anilines is 2. The van der Waals surface area contributed by atoms with Gasteiger partial charge in [0.05, 0.1) is 22.0 Å². The quantitative estimate of drug-likeness (QED) is 0.526. The van der Waals surface area contributed by atoms with Gasteiger partial charge in [-0.1, -0.05) is 6.92 Å². The summed E-state index contributed by atoms with van der Waals surface area (Å²) in [5.41, 5.74) is 3.88. The minimum Gasteiger partial charge on any atom is -0.479 e. The van der Waals surface area contributed by atoms with Crippen LogP contribution >= 0.6 is 22.7 Å². The van der Waals surface area contributed by atoms with Crippen LogP contribution in [0.2, 0.25) is 0 Å². The number of nitriles is 1. The molecule has 9 heteroatoms. The highest BCUT2D eigenvalue weighted by atomic mass is 32.1. The number of fused-ring (bicyclic) bond motifs is 2. The minimum absolute atomic E-state index is 0.158. The number of rotatable bonds is 6. The van der Waals surface area contributed by atoms with Gasteiger partial charge in [-0.25, -0.2) is 4.98 Å². The predicted molar refractivity (Wildman–Crippen MR) is 134 cm³/mol. The van der Waals surface area contributed by atoms with Gasteiger partial charge in [0.15, 0.2) is 6.10 Å². The Kier molecular flexibility index (Phi) is 6.11. The van der Waals surface area contributed by atoms with Crippen LogP contribution in [0.3, 0.4) is 0 Å². The van der Waals surface area contributed by atoms with Gasteiger partial charge in [0.1, 0.15) is 23.4 Å². The Morgan fingerprint density at radius 1 is 1.38 bits per heavy atom. The van der Waals surface area contributed by atoms with E-state index in [2.05, 4.69) is 18.3 Å². The first-order valence-corrected chi connectivity index (χ1v) is 13.1. The van der Waals surface area contributed by atoms with Gasteiger partial charge in [-0.15, -0.1) is 22.7 Å². The zero-order valence-corrected chi connectivity index (χ0v) is 20.6. The molecule has 1 unspecified atom stereocenters. The first-order chi connectivity index (χ1) is 16.5. The monoisotopic (exact) mass is 492 g/mol. The third kappa shape index (κ3) is 4.08. The number of thiazole rings is 1. The normalized spacial score (nSPS) is 16.6. The second-order valence-corrected chi connectivity index (χ2v) is 10.5. The molecule has 0 bridgehead atoms. The fourth-order valence-electron chi connectivity index (χ4n) is 4.42. The first-order valence-electron chi connectivity index (χ1n) is 11.4. The Hall–Kier alpha value is -3.22. The van der Waals surface area contributed by atoms with E-state index in [0.717, 1.165) is 53.9 Å². The number of hydrogen-bond acceptors (Lipinski definition) is 7. The fourth-order valence-corrected chi connectivity index (χ4v) is 6.59. The molecule has 1 aromatic carbocycles. The number of aryl methyl sites for hydroxylation is 2. The summed E-state index contributed by atoms with van der Waals surface area (Å²) >= 11 is 3.09. The Balaban J connectivity index is 1.41. The summed E-state index contributed by atoms with van der Waals surface area (Å²) in [5, 5.41) is 16.1. The smallest absolute Gasteiger partial charge is 0.268 e. The molecule has 2 amide bonds. The average Bonchev–Trinajstić information content (AvgIpc) is 3.53. The zero-order chi connectivity index (χ0) is 23.8. The third-order valence-electron chi connectivity index (χ3n) is 6.07. The van der Waals surface area contributed by atoms with Crippen molar-refractivity contribution in [3.05, 3.63) is 44.6 Å². The van der Waals surface area contributed by atoms with Gasteiger partial charge in [-0.2, -0.15) is 5.26 Å². The largest absolute Gasteiger partial charge is 0.479 e. The van der Waals surface area contributed by atoms with Gasteiger partial charge in [-0.3, -0.25) is 14.5 Å². The standard InChI is InChI=1S/C25H24N4O3S2/c1-3-5-23-27-18(13-33-23)15-8-9-20-19(10-15)29(25(31)14(2)32-20)12-22(30)28-24-17(11-26)16-6-4-7-21(16)34-24/h8-10,13-14H,3-7,12H2,1-2H3,(H,28,30). The lowest BCUT2D eigenvalue weighted by molar-refractivity contribution is -0.127. The molecule has 0 fully saturated rings. The lowest BCUT2D eigenvalue weighted by Gasteiger charge is -2.32. The maximum Gasteiger partial charge on any atom is 0.268 e. The van der Waals surface area contributed by atoms with Crippen molar-refractivity contribution in [2.75, 3.05) is 16.8 Å². The second kappa shape index (κ2) is 9.20. The van der Waals surface area contributed by atoms with E-state index in [0.29, 0.717) is 22.0 Å². The summed E-state index contributed by atoms with van der Waals surface area (Å²) in [6.45, 7) is 3.64. The molecule has 174 valence electrons. The molecule has 0 saturated carbocycles. The van der Waals surface area contributed by atoms with Gasteiger partial charge in [0.25, 0.3) is 5.91 Å². The van der Waals surface area contributed by atoms with Gasteiger partial charge in [0.2, 0.25) is 5.91 Å². The van der Waals surface area contributed by atoms with E-state index in [1.54, 1.807) is 18.3 Å². The molecule has 1 aliphatic carbocycles. The Morgan fingerprint density at radius 3 is 3.03 bits per heavy atom. The third-order valence-corrected chi connectivity index (χ3v) is 8.18. The molecular formula is C25H24N4O3S2. The van der Waals surface area contributed by atoms with Gasteiger partial charge >= 0.3 is 0 Å². The molecule has 34 heavy (non-hydrogen) atoms. The van der Waals surface area contributed by atoms with Crippen LogP contribution < -0.4 is 15.0 Å². The topological polar surface area (TPSA) is 95.3 Å². The molecular weight excluding hydrogens is 468 g/mol. The van der Waals surface area contributed by atoms with Crippen LogP contribution in [0.25, 0.3) is 11.3 Å². The summed E-state index contributed by atoms with van der Waals surface area (Å²) in [7, 11) is 0. The number of aromatic nitrogens is 1. The molecule has 0 saturated heterocycles. The molecule has 1 atom stereocenters. The summed E-state index contributed by atoms with van der Waals surface area (Å²) in [4.78, 5) is 33.4. The van der Waals surface area contributed by atoms with Crippen LogP contribution in [0.4, 0.5) is 10.7 Å². The molecule has 1 N–H and O–H groups in total. The van der Waals surface area contributed by atoms with E-state index in [1.165, 1.54) is 21.1 Å². The van der Waals surface area contributed by atoms with Crippen LogP contribution in [0.1, 0.15) is 47.7 Å². The van der Waals surface area contributed by atoms with Crippen molar-refractivity contribution < 1.29 is 14.3 Å². The Labute approximate surface area is 206 Å². The summed E-state index contributed by atoms with van der Waals surface area (Å²) in [6.07, 6.45) is 4.12. The van der Waals surface area contributed by atoms with Crippen LogP contribution in [0.5, 0.6) is 5.75 Å². The van der Waals surface area contributed by atoms with E-state index in [-0.39, 0.29) is 18.4 Å². The molecule has 7 nitrogen and oxygen atoms in total. The van der Waals surface area contributed by atoms with E-state index in [4.69, 9.17) is 9.72 Å². The van der Waals surface area contributed by atoms with Gasteiger partial charge in [-0.05, 0) is 62.8 Å². The van der Waals surface area contributed by atoms with Gasteiger partial charge in [0, 0.05) is 15.8 Å². The van der Waals surface area contributed by atoms with Crippen molar-refractivity contribution in [1.29, 1.82) is 5.26 Å². The molecule has 3 aromatic rings. The van der Waals surface area contributed by atoms with Crippen LogP contribution in [-0.2, 0) is 28.9 Å². The van der Waals surface area contributed by atoms with E-state index < -0.39 is 6.10 Å². The highest BCUT2D eigenvalue weighted by Gasteiger charge is 2.33. The number of ether oxygens (including phenoxy) is 1. The summed E-state index contributed by atoms with van der Waals surface area (Å²) in [6, 6.07) is 7.86. The number of nitrogens with one attached hydrogen (secondary N) is 1. The fraction of sp³-hybridized carbons (Fsp3) is 0.360. The number of benzene rings is 1.